The Morgan fingerprint density at radius 3 is 2.75 bits per heavy atom. The fourth-order valence-corrected chi connectivity index (χ4v) is 2.25. The molecule has 0 bridgehead atoms. The summed E-state index contributed by atoms with van der Waals surface area (Å²) in [6, 6.07) is 6.01. The number of aliphatic hydroxyl groups excluding tert-OH is 1. The van der Waals surface area contributed by atoms with Crippen LogP contribution < -0.4 is 0 Å². The number of hydrogen-bond donors (Lipinski definition) is 1. The standard InChI is InChI=1S/C13H14BrN3O3/c1-8-13(14)9(2)16(15-8)7-12(18)10-4-3-5-11(6-10)17(19)20/h3-6,12,18H,7H2,1-2H3/t12-/m0/s1. The highest BCUT2D eigenvalue weighted by Crippen LogP contribution is 2.24. The van der Waals surface area contributed by atoms with Gasteiger partial charge in [0, 0.05) is 17.8 Å². The molecule has 6 nitrogen and oxygen atoms in total. The molecule has 0 amide bonds. The highest BCUT2D eigenvalue weighted by molar-refractivity contribution is 9.10. The molecule has 1 heterocycles. The zero-order valence-electron chi connectivity index (χ0n) is 11.1. The van der Waals surface area contributed by atoms with Crippen LogP contribution in [0.1, 0.15) is 23.1 Å². The van der Waals surface area contributed by atoms with Gasteiger partial charge in [0.25, 0.3) is 5.69 Å². The van der Waals surface area contributed by atoms with E-state index in [2.05, 4.69) is 21.0 Å². The lowest BCUT2D eigenvalue weighted by Crippen LogP contribution is -2.11. The summed E-state index contributed by atoms with van der Waals surface area (Å²) in [6.45, 7) is 4.01. The molecule has 1 atom stereocenters. The van der Waals surface area contributed by atoms with Gasteiger partial charge in [-0.3, -0.25) is 14.8 Å². The van der Waals surface area contributed by atoms with E-state index in [0.717, 1.165) is 15.9 Å². The zero-order chi connectivity index (χ0) is 14.9. The van der Waals surface area contributed by atoms with Crippen LogP contribution in [0, 0.1) is 24.0 Å². The summed E-state index contributed by atoms with van der Waals surface area (Å²) in [6.07, 6.45) is -0.847. The van der Waals surface area contributed by atoms with E-state index in [0.29, 0.717) is 5.56 Å². The van der Waals surface area contributed by atoms with Gasteiger partial charge >= 0.3 is 0 Å². The van der Waals surface area contributed by atoms with E-state index in [4.69, 9.17) is 0 Å². The summed E-state index contributed by atoms with van der Waals surface area (Å²) in [5.41, 5.74) is 2.22. The van der Waals surface area contributed by atoms with Gasteiger partial charge in [0.2, 0.25) is 0 Å². The minimum atomic E-state index is -0.847. The Hall–Kier alpha value is -1.73. The fourth-order valence-electron chi connectivity index (χ4n) is 1.97. The Morgan fingerprint density at radius 2 is 2.20 bits per heavy atom. The van der Waals surface area contributed by atoms with Crippen molar-refractivity contribution < 1.29 is 10.0 Å². The first kappa shape index (κ1) is 14.7. The maximum Gasteiger partial charge on any atom is 0.269 e. The number of nitro benzene ring substituents is 1. The molecule has 20 heavy (non-hydrogen) atoms. The van der Waals surface area contributed by atoms with Crippen LogP contribution in [0.2, 0.25) is 0 Å². The predicted molar refractivity (Wildman–Crippen MR) is 77.5 cm³/mol. The van der Waals surface area contributed by atoms with Crippen molar-refractivity contribution in [1.82, 2.24) is 9.78 Å². The molecule has 0 saturated carbocycles. The molecule has 0 radical (unpaired) electrons. The number of aromatic nitrogens is 2. The number of halogens is 1. The lowest BCUT2D eigenvalue weighted by Gasteiger charge is -2.12. The molecule has 0 saturated heterocycles. The first-order valence-corrected chi connectivity index (χ1v) is 6.81. The van der Waals surface area contributed by atoms with Crippen LogP contribution >= 0.6 is 15.9 Å². The van der Waals surface area contributed by atoms with Crippen molar-refractivity contribution in [3.63, 3.8) is 0 Å². The Labute approximate surface area is 124 Å². The zero-order valence-corrected chi connectivity index (χ0v) is 12.7. The normalized spacial score (nSPS) is 12.4. The van der Waals surface area contributed by atoms with Crippen molar-refractivity contribution in [2.24, 2.45) is 0 Å². The number of hydrogen-bond acceptors (Lipinski definition) is 4. The minimum Gasteiger partial charge on any atom is -0.386 e. The van der Waals surface area contributed by atoms with Gasteiger partial charge in [-0.05, 0) is 35.3 Å². The Bertz CT molecular complexity index is 654. The van der Waals surface area contributed by atoms with Crippen molar-refractivity contribution in [1.29, 1.82) is 0 Å². The number of nitrogens with zero attached hydrogens (tertiary/aromatic N) is 3. The second kappa shape index (κ2) is 5.72. The van der Waals surface area contributed by atoms with E-state index in [1.165, 1.54) is 12.1 Å². The molecule has 106 valence electrons. The molecule has 2 aromatic rings. The highest BCUT2D eigenvalue weighted by atomic mass is 79.9. The van der Waals surface area contributed by atoms with Crippen LogP contribution in [0.5, 0.6) is 0 Å². The van der Waals surface area contributed by atoms with Crippen LogP contribution in [0.3, 0.4) is 0 Å². The molecule has 0 spiro atoms. The third kappa shape index (κ3) is 2.88. The van der Waals surface area contributed by atoms with Crippen LogP contribution in [0.25, 0.3) is 0 Å². The van der Waals surface area contributed by atoms with Gasteiger partial charge in [-0.15, -0.1) is 0 Å². The van der Waals surface area contributed by atoms with E-state index < -0.39 is 11.0 Å². The van der Waals surface area contributed by atoms with Crippen molar-refractivity contribution in [2.75, 3.05) is 0 Å². The quantitative estimate of drug-likeness (QED) is 0.685. The summed E-state index contributed by atoms with van der Waals surface area (Å²) in [5.74, 6) is 0. The average Bonchev–Trinajstić information content (AvgIpc) is 2.66. The number of benzene rings is 1. The second-order valence-corrected chi connectivity index (χ2v) is 5.33. The van der Waals surface area contributed by atoms with E-state index in [9.17, 15) is 15.2 Å². The Balaban J connectivity index is 2.23. The summed E-state index contributed by atoms with van der Waals surface area (Å²) in [7, 11) is 0. The summed E-state index contributed by atoms with van der Waals surface area (Å²) in [5, 5.41) is 25.3. The molecule has 0 fully saturated rings. The van der Waals surface area contributed by atoms with E-state index in [-0.39, 0.29) is 12.2 Å². The number of aliphatic hydroxyl groups is 1. The lowest BCUT2D eigenvalue weighted by molar-refractivity contribution is -0.385. The molecule has 2 rings (SSSR count). The van der Waals surface area contributed by atoms with Gasteiger partial charge in [-0.25, -0.2) is 0 Å². The number of aryl methyl sites for hydroxylation is 1. The van der Waals surface area contributed by atoms with Gasteiger partial charge in [0.15, 0.2) is 0 Å². The highest BCUT2D eigenvalue weighted by Gasteiger charge is 2.16. The molecular weight excluding hydrogens is 326 g/mol. The lowest BCUT2D eigenvalue weighted by atomic mass is 10.1. The number of nitro groups is 1. The first-order chi connectivity index (χ1) is 9.40. The Kier molecular flexibility index (Phi) is 4.20. The summed E-state index contributed by atoms with van der Waals surface area (Å²) >= 11 is 3.42. The minimum absolute atomic E-state index is 0.0314. The summed E-state index contributed by atoms with van der Waals surface area (Å²) in [4.78, 5) is 10.3. The second-order valence-electron chi connectivity index (χ2n) is 4.53. The first-order valence-electron chi connectivity index (χ1n) is 6.02. The van der Waals surface area contributed by atoms with Gasteiger partial charge in [-0.2, -0.15) is 5.10 Å². The molecule has 0 aliphatic heterocycles. The monoisotopic (exact) mass is 339 g/mol. The Morgan fingerprint density at radius 1 is 1.50 bits per heavy atom. The van der Waals surface area contributed by atoms with Crippen molar-refractivity contribution in [3.8, 4) is 0 Å². The predicted octanol–water partition coefficient (Wildman–Crippen LogP) is 2.90. The van der Waals surface area contributed by atoms with Crippen LogP contribution in [0.4, 0.5) is 5.69 Å². The average molecular weight is 340 g/mol. The van der Waals surface area contributed by atoms with Crippen LogP contribution in [0.15, 0.2) is 28.7 Å². The molecule has 1 aromatic carbocycles. The van der Waals surface area contributed by atoms with Gasteiger partial charge in [-0.1, -0.05) is 12.1 Å². The largest absolute Gasteiger partial charge is 0.386 e. The van der Waals surface area contributed by atoms with Crippen molar-refractivity contribution in [2.45, 2.75) is 26.5 Å². The fraction of sp³-hybridized carbons (Fsp3) is 0.308. The van der Waals surface area contributed by atoms with Crippen LogP contribution in [-0.4, -0.2) is 19.8 Å². The third-order valence-electron chi connectivity index (χ3n) is 3.10. The van der Waals surface area contributed by atoms with E-state index in [1.54, 1.807) is 16.8 Å². The number of non-ortho nitro benzene ring substituents is 1. The number of rotatable bonds is 4. The molecule has 0 aliphatic rings. The maximum atomic E-state index is 10.7. The molecule has 0 unspecified atom stereocenters. The molecule has 1 aromatic heterocycles. The van der Waals surface area contributed by atoms with E-state index >= 15 is 0 Å². The maximum absolute atomic E-state index is 10.7. The molecule has 7 heteroatoms. The van der Waals surface area contributed by atoms with Gasteiger partial charge in [0.1, 0.15) is 0 Å². The SMILES string of the molecule is Cc1nn(C[C@H](O)c2cccc([N+](=O)[O-])c2)c(C)c1Br. The van der Waals surface area contributed by atoms with Crippen LogP contribution in [-0.2, 0) is 6.54 Å². The summed E-state index contributed by atoms with van der Waals surface area (Å²) < 4.78 is 2.59. The van der Waals surface area contributed by atoms with Crippen molar-refractivity contribution >= 4 is 21.6 Å². The van der Waals surface area contributed by atoms with Gasteiger partial charge < -0.3 is 5.11 Å². The molecule has 1 N–H and O–H groups in total. The molecule has 0 aliphatic carbocycles. The van der Waals surface area contributed by atoms with Crippen molar-refractivity contribution in [3.05, 3.63) is 55.8 Å². The smallest absolute Gasteiger partial charge is 0.269 e. The van der Waals surface area contributed by atoms with E-state index in [1.807, 2.05) is 13.8 Å². The topological polar surface area (TPSA) is 81.2 Å². The third-order valence-corrected chi connectivity index (χ3v) is 4.25. The van der Waals surface area contributed by atoms with Gasteiger partial charge in [0.05, 0.1) is 27.7 Å². The molecular formula is C13H14BrN3O3.